The minimum absolute atomic E-state index is 0.0129. The molecule has 1 saturated carbocycles. The largest absolute Gasteiger partial charge is 0.507 e. The molecule has 0 aromatic heterocycles. The van der Waals surface area contributed by atoms with Crippen LogP contribution in [0.2, 0.25) is 0 Å². The van der Waals surface area contributed by atoms with E-state index in [9.17, 15) is 13.5 Å². The second-order valence-electron chi connectivity index (χ2n) is 5.55. The molecule has 0 radical (unpaired) electrons. The van der Waals surface area contributed by atoms with Gasteiger partial charge in [-0.05, 0) is 56.2 Å². The zero-order valence-electron chi connectivity index (χ0n) is 11.4. The highest BCUT2D eigenvalue weighted by Crippen LogP contribution is 2.27. The van der Waals surface area contributed by atoms with Crippen molar-refractivity contribution >= 4 is 10.0 Å². The Morgan fingerprint density at radius 3 is 2.47 bits per heavy atom. The van der Waals surface area contributed by atoms with Gasteiger partial charge < -0.3 is 5.11 Å². The Labute approximate surface area is 114 Å². The summed E-state index contributed by atoms with van der Waals surface area (Å²) in [6.07, 6.45) is 3.83. The van der Waals surface area contributed by atoms with Crippen molar-refractivity contribution in [1.29, 1.82) is 0 Å². The lowest BCUT2D eigenvalue weighted by atomic mass is 9.88. The van der Waals surface area contributed by atoms with Crippen molar-refractivity contribution in [3.05, 3.63) is 23.8 Å². The van der Waals surface area contributed by atoms with E-state index in [1.54, 1.807) is 13.0 Å². The van der Waals surface area contributed by atoms with Crippen LogP contribution in [0.25, 0.3) is 0 Å². The summed E-state index contributed by atoms with van der Waals surface area (Å²) in [6.45, 7) is 4.00. The predicted molar refractivity (Wildman–Crippen MR) is 74.6 cm³/mol. The van der Waals surface area contributed by atoms with Gasteiger partial charge in [0.2, 0.25) is 10.0 Å². The lowest BCUT2D eigenvalue weighted by Crippen LogP contribution is -2.37. The van der Waals surface area contributed by atoms with Crippen LogP contribution in [-0.2, 0) is 10.0 Å². The molecule has 5 heteroatoms. The van der Waals surface area contributed by atoms with E-state index < -0.39 is 10.0 Å². The van der Waals surface area contributed by atoms with Crippen LogP contribution in [0.5, 0.6) is 5.75 Å². The predicted octanol–water partition coefficient (Wildman–Crippen LogP) is 2.56. The number of nitrogens with one attached hydrogen (secondary N) is 1. The molecule has 0 aliphatic heterocycles. The van der Waals surface area contributed by atoms with Gasteiger partial charge in [-0.25, -0.2) is 13.1 Å². The number of rotatable bonds is 3. The van der Waals surface area contributed by atoms with E-state index >= 15 is 0 Å². The number of phenolic OH excluding ortho intramolecular Hbond substituents is 1. The topological polar surface area (TPSA) is 66.4 Å². The number of aromatic hydroxyl groups is 1. The third-order valence-corrected chi connectivity index (χ3v) is 5.29. The standard InChI is InChI=1S/C14H21NO3S/c1-10-3-6-12(7-4-10)15-19(17,18)14-9-11(2)5-8-13(14)16/h5,8-10,12,15-16H,3-4,6-7H2,1-2H3. The summed E-state index contributed by atoms with van der Waals surface area (Å²) >= 11 is 0. The fourth-order valence-corrected chi connectivity index (χ4v) is 3.98. The van der Waals surface area contributed by atoms with Gasteiger partial charge >= 0.3 is 0 Å². The molecule has 1 aliphatic carbocycles. The zero-order chi connectivity index (χ0) is 14.0. The molecule has 0 spiro atoms. The zero-order valence-corrected chi connectivity index (χ0v) is 12.2. The Balaban J connectivity index is 2.16. The maximum absolute atomic E-state index is 12.3. The number of benzene rings is 1. The number of phenols is 1. The second-order valence-corrected chi connectivity index (χ2v) is 7.23. The normalized spacial score (nSPS) is 24.3. The fraction of sp³-hybridized carbons (Fsp3) is 0.571. The van der Waals surface area contributed by atoms with E-state index in [1.807, 2.05) is 0 Å². The van der Waals surface area contributed by atoms with E-state index in [-0.39, 0.29) is 16.7 Å². The first-order chi connectivity index (χ1) is 8.88. The van der Waals surface area contributed by atoms with Crippen LogP contribution in [-0.4, -0.2) is 19.6 Å². The average molecular weight is 283 g/mol. The number of aryl methyl sites for hydroxylation is 1. The highest BCUT2D eigenvalue weighted by molar-refractivity contribution is 7.89. The van der Waals surface area contributed by atoms with Gasteiger partial charge in [0.1, 0.15) is 10.6 Å². The van der Waals surface area contributed by atoms with E-state index in [2.05, 4.69) is 11.6 Å². The van der Waals surface area contributed by atoms with E-state index in [4.69, 9.17) is 0 Å². The molecule has 1 aliphatic rings. The van der Waals surface area contributed by atoms with Gasteiger partial charge in [0.25, 0.3) is 0 Å². The molecule has 0 bridgehead atoms. The Bertz CT molecular complexity index is 546. The van der Waals surface area contributed by atoms with Gasteiger partial charge in [0, 0.05) is 6.04 Å². The Morgan fingerprint density at radius 2 is 1.84 bits per heavy atom. The minimum Gasteiger partial charge on any atom is -0.507 e. The van der Waals surface area contributed by atoms with Gasteiger partial charge in [-0.3, -0.25) is 0 Å². The lowest BCUT2D eigenvalue weighted by Gasteiger charge is -2.26. The average Bonchev–Trinajstić information content (AvgIpc) is 2.35. The number of hydrogen-bond donors (Lipinski definition) is 2. The van der Waals surface area contributed by atoms with Crippen molar-refractivity contribution in [1.82, 2.24) is 4.72 Å². The van der Waals surface area contributed by atoms with Gasteiger partial charge in [0.15, 0.2) is 0 Å². The molecular formula is C14H21NO3S. The SMILES string of the molecule is Cc1ccc(O)c(S(=O)(=O)NC2CCC(C)CC2)c1. The number of sulfonamides is 1. The molecule has 0 heterocycles. The van der Waals surface area contributed by atoms with Crippen molar-refractivity contribution < 1.29 is 13.5 Å². The molecule has 2 N–H and O–H groups in total. The summed E-state index contributed by atoms with van der Waals surface area (Å²) in [5.41, 5.74) is 0.815. The van der Waals surface area contributed by atoms with Gasteiger partial charge in [-0.15, -0.1) is 0 Å². The van der Waals surface area contributed by atoms with Gasteiger partial charge in [0.05, 0.1) is 0 Å². The van der Waals surface area contributed by atoms with Crippen LogP contribution in [0.3, 0.4) is 0 Å². The van der Waals surface area contributed by atoms with Crippen molar-refractivity contribution in [2.24, 2.45) is 5.92 Å². The van der Waals surface area contributed by atoms with Crippen LogP contribution in [0.4, 0.5) is 0 Å². The Hall–Kier alpha value is -1.07. The van der Waals surface area contributed by atoms with E-state index in [1.165, 1.54) is 12.1 Å². The quantitative estimate of drug-likeness (QED) is 0.896. The Morgan fingerprint density at radius 1 is 1.21 bits per heavy atom. The molecule has 0 unspecified atom stereocenters. The van der Waals surface area contributed by atoms with Gasteiger partial charge in [-0.2, -0.15) is 0 Å². The van der Waals surface area contributed by atoms with Crippen LogP contribution in [0, 0.1) is 12.8 Å². The van der Waals surface area contributed by atoms with Crippen LogP contribution < -0.4 is 4.72 Å². The fourth-order valence-electron chi connectivity index (χ4n) is 2.50. The first-order valence-electron chi connectivity index (χ1n) is 6.70. The molecule has 1 fully saturated rings. The highest BCUT2D eigenvalue weighted by atomic mass is 32.2. The summed E-state index contributed by atoms with van der Waals surface area (Å²) in [5, 5.41) is 9.72. The lowest BCUT2D eigenvalue weighted by molar-refractivity contribution is 0.331. The summed E-state index contributed by atoms with van der Waals surface area (Å²) < 4.78 is 27.3. The summed E-state index contributed by atoms with van der Waals surface area (Å²) in [6, 6.07) is 4.60. The smallest absolute Gasteiger partial charge is 0.244 e. The highest BCUT2D eigenvalue weighted by Gasteiger charge is 2.25. The molecule has 1 aromatic rings. The summed E-state index contributed by atoms with van der Waals surface area (Å²) in [7, 11) is -3.63. The Kier molecular flexibility index (Phi) is 4.16. The summed E-state index contributed by atoms with van der Waals surface area (Å²) in [5.74, 6) is 0.482. The van der Waals surface area contributed by atoms with Gasteiger partial charge in [-0.1, -0.05) is 13.0 Å². The maximum Gasteiger partial charge on any atom is 0.244 e. The molecule has 19 heavy (non-hydrogen) atoms. The second kappa shape index (κ2) is 5.51. The molecule has 106 valence electrons. The van der Waals surface area contributed by atoms with Crippen molar-refractivity contribution in [3.8, 4) is 5.75 Å². The van der Waals surface area contributed by atoms with E-state index in [0.717, 1.165) is 31.2 Å². The van der Waals surface area contributed by atoms with Crippen molar-refractivity contribution in [3.63, 3.8) is 0 Å². The van der Waals surface area contributed by atoms with Crippen molar-refractivity contribution in [2.45, 2.75) is 50.5 Å². The number of hydrogen-bond acceptors (Lipinski definition) is 3. The third kappa shape index (κ3) is 3.48. The molecule has 0 atom stereocenters. The molecular weight excluding hydrogens is 262 g/mol. The first kappa shape index (κ1) is 14.3. The third-order valence-electron chi connectivity index (χ3n) is 3.74. The van der Waals surface area contributed by atoms with Crippen LogP contribution in [0.1, 0.15) is 38.2 Å². The van der Waals surface area contributed by atoms with Crippen LogP contribution >= 0.6 is 0 Å². The molecule has 4 nitrogen and oxygen atoms in total. The van der Waals surface area contributed by atoms with E-state index in [0.29, 0.717) is 5.92 Å². The van der Waals surface area contributed by atoms with Crippen molar-refractivity contribution in [2.75, 3.05) is 0 Å². The monoisotopic (exact) mass is 283 g/mol. The molecule has 0 amide bonds. The molecule has 0 saturated heterocycles. The minimum atomic E-state index is -3.63. The molecule has 1 aromatic carbocycles. The van der Waals surface area contributed by atoms with Crippen LogP contribution in [0.15, 0.2) is 23.1 Å². The first-order valence-corrected chi connectivity index (χ1v) is 8.19. The summed E-state index contributed by atoms with van der Waals surface area (Å²) in [4.78, 5) is -0.0221. The molecule has 2 rings (SSSR count). The maximum atomic E-state index is 12.3.